The summed E-state index contributed by atoms with van der Waals surface area (Å²) in [5, 5.41) is 30.5. The topological polar surface area (TPSA) is 158 Å². The Bertz CT molecular complexity index is 851. The van der Waals surface area contributed by atoms with Crippen LogP contribution >= 0.6 is 0 Å². The third-order valence-electron chi connectivity index (χ3n) is 10.6. The van der Waals surface area contributed by atoms with E-state index >= 15 is 0 Å². The molecule has 0 aromatic carbocycles. The fourth-order valence-electron chi connectivity index (χ4n) is 8.88. The van der Waals surface area contributed by atoms with Gasteiger partial charge in [-0.1, -0.05) is 20.8 Å². The van der Waals surface area contributed by atoms with Crippen LogP contribution in [0.15, 0.2) is 0 Å². The Kier molecular flexibility index (Phi) is 9.01. The molecule has 10 atom stereocenters. The van der Waals surface area contributed by atoms with Crippen LogP contribution in [-0.2, 0) is 14.9 Å². The lowest BCUT2D eigenvalue weighted by Gasteiger charge is -2.62. The first-order valence-electron chi connectivity index (χ1n) is 13.5. The van der Waals surface area contributed by atoms with E-state index < -0.39 is 16.1 Å². The van der Waals surface area contributed by atoms with Gasteiger partial charge in [0, 0.05) is 13.0 Å². The third kappa shape index (κ3) is 6.06. The maximum atomic E-state index is 11.2. The van der Waals surface area contributed by atoms with Crippen LogP contribution in [0.4, 0.5) is 0 Å². The molecule has 0 spiro atoms. The number of carbonyl (C=O) groups is 1. The zero-order valence-corrected chi connectivity index (χ0v) is 22.4. The van der Waals surface area contributed by atoms with Crippen molar-refractivity contribution in [1.29, 1.82) is 0 Å². The zero-order chi connectivity index (χ0) is 26.2. The second kappa shape index (κ2) is 10.9. The highest BCUT2D eigenvalue weighted by atomic mass is 32.2. The summed E-state index contributed by atoms with van der Waals surface area (Å²) in [6, 6.07) is 0. The summed E-state index contributed by atoms with van der Waals surface area (Å²) in [6.45, 7) is 7.13. The van der Waals surface area contributed by atoms with Crippen molar-refractivity contribution in [2.45, 2.75) is 97.2 Å². The van der Waals surface area contributed by atoms with Gasteiger partial charge in [-0.05, 0) is 104 Å². The molecule has 4 aliphatic carbocycles. The number of aliphatic hydroxyl groups excluding tert-OH is 2. The van der Waals surface area contributed by atoms with Gasteiger partial charge in [0.1, 0.15) is 0 Å². The van der Waals surface area contributed by atoms with Crippen molar-refractivity contribution in [2.75, 3.05) is 12.3 Å². The summed E-state index contributed by atoms with van der Waals surface area (Å²) in [7, 11) is -3.80. The molecule has 0 aromatic heterocycles. The molecule has 35 heavy (non-hydrogen) atoms. The average Bonchev–Trinajstić information content (AvgIpc) is 3.10. The maximum absolute atomic E-state index is 11.2. The van der Waals surface area contributed by atoms with E-state index in [0.717, 1.165) is 32.1 Å². The number of carboxylic acid groups (broad SMARTS) is 1. The van der Waals surface area contributed by atoms with E-state index in [-0.39, 0.29) is 41.8 Å². The number of hydrogen-bond donors (Lipinski definition) is 5. The van der Waals surface area contributed by atoms with E-state index in [9.17, 15) is 23.4 Å². The van der Waals surface area contributed by atoms with E-state index in [4.69, 9.17) is 15.4 Å². The predicted molar refractivity (Wildman–Crippen MR) is 134 cm³/mol. The van der Waals surface area contributed by atoms with Gasteiger partial charge in [0.05, 0.1) is 18.0 Å². The van der Waals surface area contributed by atoms with Crippen molar-refractivity contribution in [3.63, 3.8) is 0 Å². The van der Waals surface area contributed by atoms with Crippen molar-refractivity contribution in [2.24, 2.45) is 52.1 Å². The molecule has 4 fully saturated rings. The largest absolute Gasteiger partial charge is 0.481 e. The number of rotatable bonds is 6. The number of nitrogens with two attached hydrogens (primary N) is 1. The first-order valence-corrected chi connectivity index (χ1v) is 15.1. The number of carboxylic acids is 1. The highest BCUT2D eigenvalue weighted by Crippen LogP contribution is 2.68. The minimum Gasteiger partial charge on any atom is -0.481 e. The summed E-state index contributed by atoms with van der Waals surface area (Å²) < 4.78 is 27.3. The van der Waals surface area contributed by atoms with Crippen LogP contribution in [0.5, 0.6) is 0 Å². The Morgan fingerprint density at radius 1 is 1.03 bits per heavy atom. The molecule has 4 rings (SSSR count). The molecular weight excluding hydrogens is 470 g/mol. The van der Waals surface area contributed by atoms with Crippen LogP contribution < -0.4 is 5.73 Å². The van der Waals surface area contributed by atoms with E-state index in [1.165, 1.54) is 25.7 Å². The molecule has 0 saturated heterocycles. The van der Waals surface area contributed by atoms with Crippen LogP contribution in [0.2, 0.25) is 0 Å². The van der Waals surface area contributed by atoms with Crippen molar-refractivity contribution < 1.29 is 33.1 Å². The van der Waals surface area contributed by atoms with Gasteiger partial charge in [-0.2, -0.15) is 8.42 Å². The first-order chi connectivity index (χ1) is 16.2. The molecule has 204 valence electrons. The van der Waals surface area contributed by atoms with Gasteiger partial charge in [0.15, 0.2) is 0 Å². The molecule has 0 heterocycles. The molecule has 4 aliphatic rings. The smallest absolute Gasteiger partial charge is 0.303 e. The zero-order valence-electron chi connectivity index (χ0n) is 21.6. The van der Waals surface area contributed by atoms with Gasteiger partial charge in [-0.15, -0.1) is 0 Å². The minimum atomic E-state index is -3.80. The lowest BCUT2D eigenvalue weighted by molar-refractivity contribution is -0.174. The lowest BCUT2D eigenvalue weighted by Crippen LogP contribution is -2.58. The lowest BCUT2D eigenvalue weighted by atomic mass is 9.43. The summed E-state index contributed by atoms with van der Waals surface area (Å²) in [5.74, 6) is 2.00. The minimum absolute atomic E-state index is 0.0289. The molecule has 0 amide bonds. The second-order valence-electron chi connectivity index (χ2n) is 12.4. The first kappa shape index (κ1) is 28.8. The molecule has 0 aromatic rings. The Labute approximate surface area is 210 Å². The van der Waals surface area contributed by atoms with E-state index in [1.807, 2.05) is 0 Å². The Hall–Kier alpha value is -0.740. The molecule has 4 saturated carbocycles. The van der Waals surface area contributed by atoms with Gasteiger partial charge >= 0.3 is 5.97 Å². The molecule has 6 N–H and O–H groups in total. The van der Waals surface area contributed by atoms with Gasteiger partial charge < -0.3 is 21.1 Å². The van der Waals surface area contributed by atoms with Crippen LogP contribution in [-0.4, -0.2) is 58.8 Å². The normalized spacial score (nSPS) is 43.7. The highest BCUT2D eigenvalue weighted by Gasteiger charge is 2.62. The highest BCUT2D eigenvalue weighted by molar-refractivity contribution is 7.85. The van der Waals surface area contributed by atoms with E-state index in [2.05, 4.69) is 20.8 Å². The molecule has 8 nitrogen and oxygen atoms in total. The molecule has 0 unspecified atom stereocenters. The third-order valence-corrected chi connectivity index (χ3v) is 11.4. The van der Waals surface area contributed by atoms with Gasteiger partial charge in [-0.3, -0.25) is 9.35 Å². The molecule has 0 bridgehead atoms. The summed E-state index contributed by atoms with van der Waals surface area (Å²) >= 11 is 0. The molecule has 0 radical (unpaired) electrons. The number of aliphatic hydroxyl groups is 2. The monoisotopic (exact) mass is 517 g/mol. The van der Waals surface area contributed by atoms with Crippen molar-refractivity contribution in [3.8, 4) is 0 Å². The predicted octanol–water partition coefficient (Wildman–Crippen LogP) is 3.31. The van der Waals surface area contributed by atoms with Crippen LogP contribution in [0.3, 0.4) is 0 Å². The van der Waals surface area contributed by atoms with Crippen LogP contribution in [0.25, 0.3) is 0 Å². The summed E-state index contributed by atoms with van der Waals surface area (Å²) in [5.41, 5.74) is 5.30. The van der Waals surface area contributed by atoms with Crippen molar-refractivity contribution >= 4 is 16.1 Å². The van der Waals surface area contributed by atoms with Crippen LogP contribution in [0, 0.1) is 46.3 Å². The van der Waals surface area contributed by atoms with Crippen LogP contribution in [0.1, 0.15) is 85.0 Å². The molecular formula is C26H47NO7S. The Balaban J connectivity index is 0.000000429. The fraction of sp³-hybridized carbons (Fsp3) is 0.962. The van der Waals surface area contributed by atoms with Gasteiger partial charge in [0.25, 0.3) is 10.1 Å². The SMILES string of the molecule is C[C@H](CCC(=O)O)[C@H]1CC[C@H]2[C@@H]3[C@@H](O)C[C@@H]4C[C@H](O)CC[C@]4(C)[C@H]3CC[C@]12C.NCCS(=O)(=O)O. The standard InChI is InChI=1S/C24H40O4.C2H7NO3S/c1-14(4-7-21(27)28)17-5-6-18-22-19(9-11-24(17,18)3)23(2)10-8-16(25)12-15(23)13-20(22)26;3-1-2-7(4,5)6/h14-20,22,25-26H,4-13H2,1-3H3,(H,27,28);1-3H2,(H,4,5,6)/t14-,15+,16-,17-,18+,19+,20+,22+,23+,24-;/m1./s1. The van der Waals surface area contributed by atoms with Gasteiger partial charge in [-0.25, -0.2) is 0 Å². The van der Waals surface area contributed by atoms with Crippen molar-refractivity contribution in [1.82, 2.24) is 0 Å². The van der Waals surface area contributed by atoms with E-state index in [1.54, 1.807) is 0 Å². The molecule has 0 aliphatic heterocycles. The Morgan fingerprint density at radius 2 is 1.66 bits per heavy atom. The maximum Gasteiger partial charge on any atom is 0.303 e. The fourth-order valence-corrected chi connectivity index (χ4v) is 9.17. The Morgan fingerprint density at radius 3 is 2.23 bits per heavy atom. The number of fused-ring (bicyclic) bond motifs is 5. The average molecular weight is 518 g/mol. The summed E-state index contributed by atoms with van der Waals surface area (Å²) in [4.78, 5) is 11.1. The number of aliphatic carboxylic acids is 1. The second-order valence-corrected chi connectivity index (χ2v) is 14.0. The molecule has 9 heteroatoms. The van der Waals surface area contributed by atoms with E-state index in [0.29, 0.717) is 35.5 Å². The van der Waals surface area contributed by atoms with Gasteiger partial charge in [0.2, 0.25) is 0 Å². The van der Waals surface area contributed by atoms with Crippen molar-refractivity contribution in [3.05, 3.63) is 0 Å². The summed E-state index contributed by atoms with van der Waals surface area (Å²) in [6.07, 6.45) is 9.19. The quantitative estimate of drug-likeness (QED) is 0.336. The number of hydrogen-bond acceptors (Lipinski definition) is 6.